The topological polar surface area (TPSA) is 26.3 Å². The van der Waals surface area contributed by atoms with E-state index in [0.29, 0.717) is 6.61 Å². The molecule has 1 aliphatic rings. The van der Waals surface area contributed by atoms with E-state index in [1.54, 1.807) is 0 Å². The summed E-state index contributed by atoms with van der Waals surface area (Å²) in [5.41, 5.74) is -0.141. The van der Waals surface area contributed by atoms with E-state index in [2.05, 4.69) is 21.0 Å². The van der Waals surface area contributed by atoms with Gasteiger partial charge in [0.1, 0.15) is 13.2 Å². The summed E-state index contributed by atoms with van der Waals surface area (Å²) in [6.07, 6.45) is 7.20. The monoisotopic (exact) mass is 256 g/mol. The van der Waals surface area contributed by atoms with E-state index in [4.69, 9.17) is 4.74 Å². The van der Waals surface area contributed by atoms with Crippen LogP contribution in [0.4, 0.5) is 0 Å². The number of carbonyl (C=O) groups excluding carboxylic acids is 1. The van der Waals surface area contributed by atoms with E-state index in [-0.39, 0.29) is 11.4 Å². The van der Waals surface area contributed by atoms with Crippen LogP contribution in [-0.4, -0.2) is 44.2 Å². The van der Waals surface area contributed by atoms with Gasteiger partial charge in [-0.3, -0.25) is 4.79 Å². The van der Waals surface area contributed by atoms with Crippen LogP contribution < -0.4 is 0 Å². The number of likely N-dealkylation sites (N-methyl/N-ethyl adjacent to an activating group) is 1. The van der Waals surface area contributed by atoms with E-state index in [1.165, 1.54) is 32.2 Å². The zero-order chi connectivity index (χ0) is 13.6. The molecule has 3 nitrogen and oxygen atoms in total. The van der Waals surface area contributed by atoms with Gasteiger partial charge in [0.2, 0.25) is 0 Å². The van der Waals surface area contributed by atoms with Crippen molar-refractivity contribution in [1.82, 2.24) is 0 Å². The summed E-state index contributed by atoms with van der Waals surface area (Å²) in [5.74, 6) is 0.00785. The number of quaternary nitrogens is 1. The molecule has 0 heterocycles. The minimum absolute atomic E-state index is 0.00785. The summed E-state index contributed by atoms with van der Waals surface area (Å²) in [7, 11) is 4.44. The predicted octanol–water partition coefficient (Wildman–Crippen LogP) is 2.99. The molecule has 1 rings (SSSR count). The minimum Gasteiger partial charge on any atom is -0.459 e. The Morgan fingerprint density at radius 1 is 1.17 bits per heavy atom. The minimum atomic E-state index is -0.141. The van der Waals surface area contributed by atoms with Gasteiger partial charge < -0.3 is 9.22 Å². The number of hydrogen-bond donors (Lipinski definition) is 0. The molecule has 0 unspecified atom stereocenters. The van der Waals surface area contributed by atoms with Crippen molar-refractivity contribution in [2.75, 3.05) is 33.8 Å². The van der Waals surface area contributed by atoms with Crippen molar-refractivity contribution < 1.29 is 14.0 Å². The maximum Gasteiger partial charge on any atom is 0.312 e. The van der Waals surface area contributed by atoms with E-state index in [0.717, 1.165) is 23.9 Å². The van der Waals surface area contributed by atoms with Gasteiger partial charge in [0.15, 0.2) is 0 Å². The quantitative estimate of drug-likeness (QED) is 0.360. The summed E-state index contributed by atoms with van der Waals surface area (Å²) in [6.45, 7) is 6.90. The van der Waals surface area contributed by atoms with Gasteiger partial charge in [0, 0.05) is 0 Å². The molecule has 1 saturated carbocycles. The highest BCUT2D eigenvalue weighted by molar-refractivity contribution is 5.79. The number of rotatable bonds is 9. The molecular formula is C15H30NO2+. The SMILES string of the molecule is CCCCCC[N+](C)(C)CCOC(=O)C1(C)CC1. The summed E-state index contributed by atoms with van der Waals surface area (Å²) in [4.78, 5) is 11.7. The smallest absolute Gasteiger partial charge is 0.312 e. The number of unbranched alkanes of at least 4 members (excludes halogenated alkanes) is 3. The molecule has 0 atom stereocenters. The first-order valence-corrected chi connectivity index (χ1v) is 7.39. The van der Waals surface area contributed by atoms with E-state index in [9.17, 15) is 4.79 Å². The van der Waals surface area contributed by atoms with Crippen LogP contribution >= 0.6 is 0 Å². The third kappa shape index (κ3) is 5.38. The Balaban J connectivity index is 2.10. The molecule has 1 fully saturated rings. The highest BCUT2D eigenvalue weighted by Crippen LogP contribution is 2.45. The first-order chi connectivity index (χ1) is 8.40. The third-order valence-electron chi connectivity index (χ3n) is 4.04. The highest BCUT2D eigenvalue weighted by atomic mass is 16.5. The van der Waals surface area contributed by atoms with E-state index >= 15 is 0 Å². The normalized spacial score (nSPS) is 17.6. The molecule has 0 bridgehead atoms. The van der Waals surface area contributed by atoms with Crippen molar-refractivity contribution in [1.29, 1.82) is 0 Å². The molecule has 3 heteroatoms. The van der Waals surface area contributed by atoms with Crippen molar-refractivity contribution >= 4 is 5.97 Å². The predicted molar refractivity (Wildman–Crippen MR) is 74.3 cm³/mol. The molecule has 0 N–H and O–H groups in total. The van der Waals surface area contributed by atoms with Crippen molar-refractivity contribution in [3.8, 4) is 0 Å². The molecule has 0 saturated heterocycles. The van der Waals surface area contributed by atoms with Crippen LogP contribution in [0.1, 0.15) is 52.4 Å². The Bertz CT molecular complexity index is 270. The van der Waals surface area contributed by atoms with E-state index in [1.807, 2.05) is 6.92 Å². The van der Waals surface area contributed by atoms with Crippen molar-refractivity contribution in [2.45, 2.75) is 52.4 Å². The number of carbonyl (C=O) groups is 1. The Morgan fingerprint density at radius 3 is 2.39 bits per heavy atom. The fourth-order valence-electron chi connectivity index (χ4n) is 2.03. The second-order valence-electron chi connectivity index (χ2n) is 6.64. The standard InChI is InChI=1S/C15H30NO2/c1-5-6-7-8-11-16(3,4)12-13-18-14(17)15(2)9-10-15/h5-13H2,1-4H3/q+1. The number of ether oxygens (including phenoxy) is 1. The van der Waals surface area contributed by atoms with Gasteiger partial charge in [0.05, 0.1) is 26.1 Å². The molecule has 18 heavy (non-hydrogen) atoms. The van der Waals surface area contributed by atoms with Crippen LogP contribution in [0.2, 0.25) is 0 Å². The fourth-order valence-corrected chi connectivity index (χ4v) is 2.03. The van der Waals surface area contributed by atoms with Crippen molar-refractivity contribution in [3.05, 3.63) is 0 Å². The Morgan fingerprint density at radius 2 is 1.83 bits per heavy atom. The lowest BCUT2D eigenvalue weighted by atomic mass is 10.1. The Kier molecular flexibility index (Phi) is 5.64. The lowest BCUT2D eigenvalue weighted by Gasteiger charge is -2.29. The molecule has 0 spiro atoms. The van der Waals surface area contributed by atoms with Crippen molar-refractivity contribution in [3.63, 3.8) is 0 Å². The van der Waals surface area contributed by atoms with Gasteiger partial charge in [-0.2, -0.15) is 0 Å². The van der Waals surface area contributed by atoms with Crippen LogP contribution in [0, 0.1) is 5.41 Å². The zero-order valence-corrected chi connectivity index (χ0v) is 12.6. The zero-order valence-electron chi connectivity index (χ0n) is 12.6. The summed E-state index contributed by atoms with van der Waals surface area (Å²) in [5, 5.41) is 0. The lowest BCUT2D eigenvalue weighted by Crippen LogP contribution is -2.43. The van der Waals surface area contributed by atoms with Gasteiger partial charge in [0.25, 0.3) is 0 Å². The van der Waals surface area contributed by atoms with Crippen LogP contribution in [0.3, 0.4) is 0 Å². The molecule has 0 radical (unpaired) electrons. The second kappa shape index (κ2) is 6.55. The van der Waals surface area contributed by atoms with Gasteiger partial charge in [-0.15, -0.1) is 0 Å². The van der Waals surface area contributed by atoms with Crippen LogP contribution in [-0.2, 0) is 9.53 Å². The fraction of sp³-hybridized carbons (Fsp3) is 0.933. The Hall–Kier alpha value is -0.570. The van der Waals surface area contributed by atoms with Gasteiger partial charge in [-0.1, -0.05) is 19.8 Å². The Labute approximate surface area is 112 Å². The number of nitrogens with zero attached hydrogens (tertiary/aromatic N) is 1. The molecule has 0 aromatic carbocycles. The average Bonchev–Trinajstić information content (AvgIpc) is 3.04. The highest BCUT2D eigenvalue weighted by Gasteiger charge is 2.46. The summed E-state index contributed by atoms with van der Waals surface area (Å²) < 4.78 is 6.33. The van der Waals surface area contributed by atoms with Gasteiger partial charge in [-0.25, -0.2) is 0 Å². The first-order valence-electron chi connectivity index (χ1n) is 7.39. The maximum atomic E-state index is 11.7. The molecule has 0 amide bonds. The molecule has 0 aromatic rings. The van der Waals surface area contributed by atoms with Gasteiger partial charge in [-0.05, 0) is 32.6 Å². The maximum absolute atomic E-state index is 11.7. The molecule has 1 aliphatic carbocycles. The average molecular weight is 256 g/mol. The van der Waals surface area contributed by atoms with Crippen LogP contribution in [0.15, 0.2) is 0 Å². The molecule has 0 aliphatic heterocycles. The second-order valence-corrected chi connectivity index (χ2v) is 6.64. The molecular weight excluding hydrogens is 226 g/mol. The number of esters is 1. The summed E-state index contributed by atoms with van der Waals surface area (Å²) >= 11 is 0. The number of hydrogen-bond acceptors (Lipinski definition) is 2. The summed E-state index contributed by atoms with van der Waals surface area (Å²) in [6, 6.07) is 0. The van der Waals surface area contributed by atoms with Gasteiger partial charge >= 0.3 is 5.97 Å². The largest absolute Gasteiger partial charge is 0.459 e. The molecule has 0 aromatic heterocycles. The van der Waals surface area contributed by atoms with Crippen LogP contribution in [0.25, 0.3) is 0 Å². The molecule has 106 valence electrons. The van der Waals surface area contributed by atoms with E-state index < -0.39 is 0 Å². The van der Waals surface area contributed by atoms with Crippen molar-refractivity contribution in [2.24, 2.45) is 5.41 Å². The first kappa shape index (κ1) is 15.5. The lowest BCUT2D eigenvalue weighted by molar-refractivity contribution is -0.890. The van der Waals surface area contributed by atoms with Crippen LogP contribution in [0.5, 0.6) is 0 Å². The third-order valence-corrected chi connectivity index (χ3v) is 4.04.